The maximum Gasteiger partial charge on any atom is 0.251 e. The molecule has 1 unspecified atom stereocenters. The lowest BCUT2D eigenvalue weighted by Crippen LogP contribution is -2.34. The van der Waals surface area contributed by atoms with Gasteiger partial charge in [0.05, 0.1) is 0 Å². The second kappa shape index (κ2) is 5.22. The fourth-order valence-corrected chi connectivity index (χ4v) is 3.69. The number of hydrogen-bond donors (Lipinski definition) is 2. The van der Waals surface area contributed by atoms with Crippen molar-refractivity contribution in [3.8, 4) is 0 Å². The third-order valence-corrected chi connectivity index (χ3v) is 4.73. The van der Waals surface area contributed by atoms with Gasteiger partial charge in [0.25, 0.3) is 5.91 Å². The number of amides is 1. The molecule has 0 spiro atoms. The molecule has 1 aromatic carbocycles. The number of benzene rings is 1. The van der Waals surface area contributed by atoms with Crippen LogP contribution in [0.5, 0.6) is 0 Å². The van der Waals surface area contributed by atoms with Gasteiger partial charge in [0.1, 0.15) is 0 Å². The van der Waals surface area contributed by atoms with Crippen molar-refractivity contribution in [3.05, 3.63) is 29.3 Å². The first-order valence-electron chi connectivity index (χ1n) is 6.58. The second-order valence-electron chi connectivity index (χ2n) is 4.94. The summed E-state index contributed by atoms with van der Waals surface area (Å²) in [5, 5.41) is 6.49. The van der Waals surface area contributed by atoms with E-state index in [0.29, 0.717) is 6.04 Å². The predicted octanol–water partition coefficient (Wildman–Crippen LogP) is 2.28. The molecule has 1 saturated heterocycles. The van der Waals surface area contributed by atoms with Gasteiger partial charge in [-0.3, -0.25) is 4.79 Å². The van der Waals surface area contributed by atoms with Crippen LogP contribution in [0.15, 0.2) is 18.2 Å². The molecule has 2 aliphatic rings. The normalized spacial score (nSPS) is 22.1. The monoisotopic (exact) mass is 262 g/mol. The minimum absolute atomic E-state index is 0.0795. The summed E-state index contributed by atoms with van der Waals surface area (Å²) in [5.41, 5.74) is 3.26. The molecule has 4 heteroatoms. The quantitative estimate of drug-likeness (QED) is 0.859. The van der Waals surface area contributed by atoms with Gasteiger partial charge in [-0.25, -0.2) is 0 Å². The first kappa shape index (κ1) is 11.9. The first-order chi connectivity index (χ1) is 8.83. The second-order valence-corrected chi connectivity index (χ2v) is 6.09. The molecule has 0 aromatic heterocycles. The van der Waals surface area contributed by atoms with Crippen molar-refractivity contribution >= 4 is 23.4 Å². The molecular weight excluding hydrogens is 244 g/mol. The molecule has 0 bridgehead atoms. The lowest BCUT2D eigenvalue weighted by Gasteiger charge is -2.19. The van der Waals surface area contributed by atoms with Crippen LogP contribution >= 0.6 is 11.8 Å². The highest BCUT2D eigenvalue weighted by Crippen LogP contribution is 2.23. The SMILES string of the molecule is O=C(NC1CCSC1)c1ccc2c(c1)CCCN2. The van der Waals surface area contributed by atoms with Crippen molar-refractivity contribution in [3.63, 3.8) is 0 Å². The minimum Gasteiger partial charge on any atom is -0.385 e. The minimum atomic E-state index is 0.0795. The number of fused-ring (bicyclic) bond motifs is 1. The van der Waals surface area contributed by atoms with Crippen LogP contribution in [0.1, 0.15) is 28.8 Å². The third-order valence-electron chi connectivity index (χ3n) is 3.57. The van der Waals surface area contributed by atoms with Crippen LogP contribution in [0.3, 0.4) is 0 Å². The van der Waals surface area contributed by atoms with Crippen LogP contribution < -0.4 is 10.6 Å². The van der Waals surface area contributed by atoms with E-state index in [4.69, 9.17) is 0 Å². The zero-order chi connectivity index (χ0) is 12.4. The van der Waals surface area contributed by atoms with Gasteiger partial charge in [0.2, 0.25) is 0 Å². The fourth-order valence-electron chi connectivity index (χ4n) is 2.53. The van der Waals surface area contributed by atoms with E-state index in [9.17, 15) is 4.79 Å². The number of anilines is 1. The maximum atomic E-state index is 12.1. The standard InChI is InChI=1S/C14H18N2OS/c17-14(16-12-5-7-18-9-12)11-3-4-13-10(8-11)2-1-6-15-13/h3-4,8,12,15H,1-2,5-7,9H2,(H,16,17). The molecule has 2 aliphatic heterocycles. The Balaban J connectivity index is 1.73. The Bertz CT molecular complexity index is 455. The topological polar surface area (TPSA) is 41.1 Å². The number of carbonyl (C=O) groups is 1. The largest absolute Gasteiger partial charge is 0.385 e. The van der Waals surface area contributed by atoms with Gasteiger partial charge in [-0.2, -0.15) is 11.8 Å². The highest BCUT2D eigenvalue weighted by Gasteiger charge is 2.19. The van der Waals surface area contributed by atoms with E-state index in [0.717, 1.165) is 37.1 Å². The van der Waals surface area contributed by atoms with E-state index < -0.39 is 0 Å². The molecule has 0 aliphatic carbocycles. The van der Waals surface area contributed by atoms with Crippen molar-refractivity contribution in [2.45, 2.75) is 25.3 Å². The summed E-state index contributed by atoms with van der Waals surface area (Å²) in [6.07, 6.45) is 3.32. The molecule has 3 nitrogen and oxygen atoms in total. The number of aryl methyl sites for hydroxylation is 1. The van der Waals surface area contributed by atoms with E-state index in [1.54, 1.807) is 0 Å². The average molecular weight is 262 g/mol. The molecule has 2 heterocycles. The average Bonchev–Trinajstić information content (AvgIpc) is 2.91. The summed E-state index contributed by atoms with van der Waals surface area (Å²) in [5.74, 6) is 2.30. The number of rotatable bonds is 2. The highest BCUT2D eigenvalue weighted by molar-refractivity contribution is 7.99. The zero-order valence-corrected chi connectivity index (χ0v) is 11.2. The van der Waals surface area contributed by atoms with Crippen LogP contribution in [-0.4, -0.2) is 30.0 Å². The van der Waals surface area contributed by atoms with Gasteiger partial charge in [-0.1, -0.05) is 0 Å². The molecule has 96 valence electrons. The van der Waals surface area contributed by atoms with Crippen molar-refractivity contribution in [1.82, 2.24) is 5.32 Å². The van der Waals surface area contributed by atoms with Crippen molar-refractivity contribution in [2.75, 3.05) is 23.4 Å². The number of carbonyl (C=O) groups excluding carboxylic acids is 1. The molecule has 1 amide bonds. The number of thioether (sulfide) groups is 1. The Morgan fingerprint density at radius 3 is 3.22 bits per heavy atom. The van der Waals surface area contributed by atoms with E-state index in [1.807, 2.05) is 30.0 Å². The molecule has 1 aromatic rings. The van der Waals surface area contributed by atoms with Gasteiger partial charge in [-0.15, -0.1) is 0 Å². The number of nitrogens with one attached hydrogen (secondary N) is 2. The Hall–Kier alpha value is -1.16. The zero-order valence-electron chi connectivity index (χ0n) is 10.4. The Labute approximate surface area is 112 Å². The molecule has 18 heavy (non-hydrogen) atoms. The predicted molar refractivity (Wildman–Crippen MR) is 76.4 cm³/mol. The van der Waals surface area contributed by atoms with Crippen LogP contribution in [-0.2, 0) is 6.42 Å². The Morgan fingerprint density at radius 1 is 1.44 bits per heavy atom. The van der Waals surface area contributed by atoms with Crippen LogP contribution in [0, 0.1) is 0 Å². The lowest BCUT2D eigenvalue weighted by atomic mass is 10.0. The smallest absolute Gasteiger partial charge is 0.251 e. The molecule has 1 atom stereocenters. The van der Waals surface area contributed by atoms with Crippen LogP contribution in [0.4, 0.5) is 5.69 Å². The molecule has 3 rings (SSSR count). The van der Waals surface area contributed by atoms with Crippen LogP contribution in [0.25, 0.3) is 0 Å². The summed E-state index contributed by atoms with van der Waals surface area (Å²) in [7, 11) is 0. The van der Waals surface area contributed by atoms with Gasteiger partial charge in [0, 0.05) is 29.6 Å². The van der Waals surface area contributed by atoms with Crippen LogP contribution in [0.2, 0.25) is 0 Å². The first-order valence-corrected chi connectivity index (χ1v) is 7.74. The van der Waals surface area contributed by atoms with Crippen molar-refractivity contribution in [1.29, 1.82) is 0 Å². The van der Waals surface area contributed by atoms with Gasteiger partial charge < -0.3 is 10.6 Å². The summed E-state index contributed by atoms with van der Waals surface area (Å²) in [6.45, 7) is 1.04. The fraction of sp³-hybridized carbons (Fsp3) is 0.500. The number of hydrogen-bond acceptors (Lipinski definition) is 3. The van der Waals surface area contributed by atoms with E-state index in [-0.39, 0.29) is 5.91 Å². The highest BCUT2D eigenvalue weighted by atomic mass is 32.2. The molecule has 2 N–H and O–H groups in total. The summed E-state index contributed by atoms with van der Waals surface area (Å²) < 4.78 is 0. The van der Waals surface area contributed by atoms with Crippen molar-refractivity contribution < 1.29 is 4.79 Å². The van der Waals surface area contributed by atoms with Gasteiger partial charge in [0.15, 0.2) is 0 Å². The third kappa shape index (κ3) is 2.48. The lowest BCUT2D eigenvalue weighted by molar-refractivity contribution is 0.0941. The van der Waals surface area contributed by atoms with Gasteiger partial charge >= 0.3 is 0 Å². The van der Waals surface area contributed by atoms with E-state index >= 15 is 0 Å². The molecular formula is C14H18N2OS. The van der Waals surface area contributed by atoms with Crippen molar-refractivity contribution in [2.24, 2.45) is 0 Å². The summed E-state index contributed by atoms with van der Waals surface area (Å²) in [4.78, 5) is 12.1. The maximum absolute atomic E-state index is 12.1. The molecule has 0 saturated carbocycles. The summed E-state index contributed by atoms with van der Waals surface area (Å²) in [6, 6.07) is 6.36. The molecule has 0 radical (unpaired) electrons. The van der Waals surface area contributed by atoms with E-state index in [1.165, 1.54) is 17.0 Å². The van der Waals surface area contributed by atoms with E-state index in [2.05, 4.69) is 10.6 Å². The van der Waals surface area contributed by atoms with Gasteiger partial charge in [-0.05, 0) is 48.8 Å². The Morgan fingerprint density at radius 2 is 2.39 bits per heavy atom. The molecule has 1 fully saturated rings. The summed E-state index contributed by atoms with van der Waals surface area (Å²) >= 11 is 1.92. The Kier molecular flexibility index (Phi) is 3.46.